The van der Waals surface area contributed by atoms with E-state index in [-0.39, 0.29) is 0 Å². The van der Waals surface area contributed by atoms with Crippen molar-refractivity contribution in [1.82, 2.24) is 9.13 Å². The van der Waals surface area contributed by atoms with Crippen LogP contribution in [0.3, 0.4) is 0 Å². The van der Waals surface area contributed by atoms with Gasteiger partial charge in [0.15, 0.2) is 0 Å². The SMILES string of the molecule is c1ccc(-c2ccc(-n3c4ccccc4c4cc(-c5ccc6c(c5)c5ccc7ccccc7c5n6-c5cccc6sc7ccccc7c56)ccc43)cc2)cc1. The zero-order valence-electron chi connectivity index (χ0n) is 29.8. The van der Waals surface area contributed by atoms with Crippen molar-refractivity contribution < 1.29 is 0 Å². The molecule has 0 fully saturated rings. The van der Waals surface area contributed by atoms with Gasteiger partial charge in [0.05, 0.1) is 27.8 Å². The van der Waals surface area contributed by atoms with Gasteiger partial charge in [-0.15, -0.1) is 11.3 Å². The summed E-state index contributed by atoms with van der Waals surface area (Å²) in [6, 6.07) is 71.4. The lowest BCUT2D eigenvalue weighted by Crippen LogP contribution is -1.95. The normalized spacial score (nSPS) is 12.0. The number of fused-ring (bicyclic) bond motifs is 11. The fourth-order valence-electron chi connectivity index (χ4n) is 9.02. The van der Waals surface area contributed by atoms with Crippen LogP contribution in [-0.2, 0) is 0 Å². The molecule has 0 saturated heterocycles. The summed E-state index contributed by atoms with van der Waals surface area (Å²) < 4.78 is 7.56. The van der Waals surface area contributed by atoms with Crippen LogP contribution in [0.5, 0.6) is 0 Å². The Kier molecular flexibility index (Phi) is 6.54. The van der Waals surface area contributed by atoms with Gasteiger partial charge >= 0.3 is 0 Å². The van der Waals surface area contributed by atoms with E-state index in [1.807, 2.05) is 11.3 Å². The molecule has 3 aromatic heterocycles. The van der Waals surface area contributed by atoms with Crippen molar-refractivity contribution in [1.29, 1.82) is 0 Å². The Morgan fingerprint density at radius 3 is 1.75 bits per heavy atom. The number of para-hydroxylation sites is 1. The average molecular weight is 717 g/mol. The van der Waals surface area contributed by atoms with Crippen LogP contribution in [0.25, 0.3) is 108 Å². The third-order valence-corrected chi connectivity index (χ3v) is 12.6. The Bertz CT molecular complexity index is 3470. The predicted molar refractivity (Wildman–Crippen MR) is 236 cm³/mol. The summed E-state index contributed by atoms with van der Waals surface area (Å²) in [4.78, 5) is 0. The Morgan fingerprint density at radius 2 is 0.927 bits per heavy atom. The zero-order valence-corrected chi connectivity index (χ0v) is 30.6. The summed E-state index contributed by atoms with van der Waals surface area (Å²) in [5.41, 5.74) is 12.1. The topological polar surface area (TPSA) is 9.86 Å². The molecule has 0 N–H and O–H groups in total. The minimum atomic E-state index is 1.16. The Balaban J connectivity index is 1.07. The minimum absolute atomic E-state index is 1.16. The van der Waals surface area contributed by atoms with E-state index in [1.165, 1.54) is 102 Å². The maximum absolute atomic E-state index is 2.53. The first-order valence-electron chi connectivity index (χ1n) is 18.8. The molecule has 0 radical (unpaired) electrons. The third kappa shape index (κ3) is 4.54. The van der Waals surface area contributed by atoms with Crippen LogP contribution in [0.4, 0.5) is 0 Å². The van der Waals surface area contributed by atoms with Gasteiger partial charge in [0.2, 0.25) is 0 Å². The molecule has 55 heavy (non-hydrogen) atoms. The molecule has 0 unspecified atom stereocenters. The predicted octanol–water partition coefficient (Wildman–Crippen LogP) is 14.7. The van der Waals surface area contributed by atoms with E-state index in [2.05, 4.69) is 203 Å². The molecule has 0 amide bonds. The van der Waals surface area contributed by atoms with Gasteiger partial charge in [-0.2, -0.15) is 0 Å². The number of thiophene rings is 1. The summed E-state index contributed by atoms with van der Waals surface area (Å²) in [6.45, 7) is 0. The fraction of sp³-hybridized carbons (Fsp3) is 0. The highest BCUT2D eigenvalue weighted by Crippen LogP contribution is 2.44. The molecule has 0 aliphatic rings. The zero-order chi connectivity index (χ0) is 36.0. The average Bonchev–Trinajstić information content (AvgIpc) is 3.91. The molecule has 9 aromatic carbocycles. The van der Waals surface area contributed by atoms with Gasteiger partial charge < -0.3 is 9.13 Å². The Hall–Kier alpha value is -6.94. The highest BCUT2D eigenvalue weighted by molar-refractivity contribution is 7.25. The lowest BCUT2D eigenvalue weighted by Gasteiger charge is -2.12. The van der Waals surface area contributed by atoms with Crippen LogP contribution in [0.2, 0.25) is 0 Å². The molecule has 3 heteroatoms. The van der Waals surface area contributed by atoms with E-state index in [1.54, 1.807) is 0 Å². The molecule has 0 spiro atoms. The maximum atomic E-state index is 2.53. The number of benzene rings is 9. The molecule has 0 saturated carbocycles. The van der Waals surface area contributed by atoms with Crippen LogP contribution in [0.15, 0.2) is 194 Å². The van der Waals surface area contributed by atoms with Gasteiger partial charge in [-0.3, -0.25) is 0 Å². The van der Waals surface area contributed by atoms with Crippen LogP contribution >= 0.6 is 11.3 Å². The summed E-state index contributed by atoms with van der Waals surface area (Å²) in [5, 5.41) is 10.2. The van der Waals surface area contributed by atoms with E-state index in [0.29, 0.717) is 0 Å². The molecular weight excluding hydrogens is 685 g/mol. The first-order valence-corrected chi connectivity index (χ1v) is 19.7. The second-order valence-electron chi connectivity index (χ2n) is 14.5. The third-order valence-electron chi connectivity index (χ3n) is 11.5. The fourth-order valence-corrected chi connectivity index (χ4v) is 10.1. The van der Waals surface area contributed by atoms with Gasteiger partial charge in [0.25, 0.3) is 0 Å². The molecule has 0 atom stereocenters. The van der Waals surface area contributed by atoms with Crippen LogP contribution in [-0.4, -0.2) is 9.13 Å². The van der Waals surface area contributed by atoms with Crippen molar-refractivity contribution in [3.05, 3.63) is 194 Å². The summed E-state index contributed by atoms with van der Waals surface area (Å²) in [6.07, 6.45) is 0. The van der Waals surface area contributed by atoms with E-state index in [0.717, 1.165) is 5.69 Å². The van der Waals surface area contributed by atoms with Crippen molar-refractivity contribution >= 4 is 85.9 Å². The number of aromatic nitrogens is 2. The number of hydrogen-bond acceptors (Lipinski definition) is 1. The quantitative estimate of drug-likeness (QED) is 0.172. The molecular formula is C52H32N2S. The Labute approximate surface area is 321 Å². The number of nitrogens with zero attached hydrogens (tertiary/aromatic N) is 2. The second kappa shape index (κ2) is 11.8. The summed E-state index contributed by atoms with van der Waals surface area (Å²) in [5.74, 6) is 0. The molecule has 0 bridgehead atoms. The van der Waals surface area contributed by atoms with Gasteiger partial charge in [0, 0.05) is 52.8 Å². The summed E-state index contributed by atoms with van der Waals surface area (Å²) >= 11 is 1.87. The van der Waals surface area contributed by atoms with Crippen LogP contribution in [0.1, 0.15) is 0 Å². The van der Waals surface area contributed by atoms with Gasteiger partial charge in [-0.1, -0.05) is 133 Å². The van der Waals surface area contributed by atoms with Crippen molar-refractivity contribution in [2.45, 2.75) is 0 Å². The van der Waals surface area contributed by atoms with E-state index < -0.39 is 0 Å². The van der Waals surface area contributed by atoms with E-state index in [9.17, 15) is 0 Å². The minimum Gasteiger partial charge on any atom is -0.309 e. The smallest absolute Gasteiger partial charge is 0.0619 e. The lowest BCUT2D eigenvalue weighted by molar-refractivity contribution is 1.18. The number of rotatable bonds is 4. The molecule has 12 aromatic rings. The molecule has 256 valence electrons. The van der Waals surface area contributed by atoms with E-state index in [4.69, 9.17) is 0 Å². The van der Waals surface area contributed by atoms with Crippen molar-refractivity contribution in [3.8, 4) is 33.6 Å². The monoisotopic (exact) mass is 716 g/mol. The highest BCUT2D eigenvalue weighted by Gasteiger charge is 2.20. The van der Waals surface area contributed by atoms with Crippen molar-refractivity contribution in [2.24, 2.45) is 0 Å². The maximum Gasteiger partial charge on any atom is 0.0619 e. The van der Waals surface area contributed by atoms with Crippen molar-refractivity contribution in [2.75, 3.05) is 0 Å². The molecule has 0 aliphatic carbocycles. The van der Waals surface area contributed by atoms with Crippen LogP contribution in [0, 0.1) is 0 Å². The second-order valence-corrected chi connectivity index (χ2v) is 15.6. The standard InChI is InChI=1S/C52H32N2S/c1-2-11-33(12-3-1)34-21-26-38(27-22-34)53-45-17-8-6-15-40(45)43-31-36(24-29-46(43)53)37-25-30-47-44(32-37)41-28-23-35-13-4-5-14-39(35)52(41)54(47)48-18-10-20-50-51(48)42-16-7-9-19-49(42)55-50/h1-32H. The molecule has 2 nitrogen and oxygen atoms in total. The first-order chi connectivity index (χ1) is 27.3. The van der Waals surface area contributed by atoms with Crippen LogP contribution < -0.4 is 0 Å². The first kappa shape index (κ1) is 30.5. The van der Waals surface area contributed by atoms with Gasteiger partial charge in [-0.25, -0.2) is 0 Å². The highest BCUT2D eigenvalue weighted by atomic mass is 32.1. The number of hydrogen-bond donors (Lipinski definition) is 0. The van der Waals surface area contributed by atoms with Gasteiger partial charge in [-0.05, 0) is 88.3 Å². The molecule has 0 aliphatic heterocycles. The molecule has 3 heterocycles. The van der Waals surface area contributed by atoms with E-state index >= 15 is 0 Å². The lowest BCUT2D eigenvalue weighted by atomic mass is 10.00. The largest absolute Gasteiger partial charge is 0.309 e. The molecule has 12 rings (SSSR count). The van der Waals surface area contributed by atoms with Gasteiger partial charge in [0.1, 0.15) is 0 Å². The summed E-state index contributed by atoms with van der Waals surface area (Å²) in [7, 11) is 0. The Morgan fingerprint density at radius 1 is 0.327 bits per heavy atom. The van der Waals surface area contributed by atoms with Crippen molar-refractivity contribution in [3.63, 3.8) is 0 Å².